The van der Waals surface area contributed by atoms with Crippen molar-refractivity contribution in [1.29, 1.82) is 0 Å². The van der Waals surface area contributed by atoms with Crippen LogP contribution in [0.5, 0.6) is 0 Å². The Labute approximate surface area is 195 Å². The van der Waals surface area contributed by atoms with Crippen LogP contribution >= 0.6 is 0 Å². The van der Waals surface area contributed by atoms with Crippen LogP contribution < -0.4 is 5.32 Å². The van der Waals surface area contributed by atoms with E-state index in [1.165, 1.54) is 22.0 Å². The lowest BCUT2D eigenvalue weighted by Crippen LogP contribution is -2.54. The van der Waals surface area contributed by atoms with Crippen LogP contribution in [-0.2, 0) is 14.4 Å². The summed E-state index contributed by atoms with van der Waals surface area (Å²) in [6, 6.07) is -0.664. The molecule has 0 saturated carbocycles. The number of carbonyl (C=O) groups excluding carboxylic acids is 3. The monoisotopic (exact) mass is 470 g/mol. The molecule has 0 spiro atoms. The minimum atomic E-state index is -0.958. The second kappa shape index (κ2) is 9.09. The van der Waals surface area contributed by atoms with Crippen LogP contribution in [0.1, 0.15) is 12.8 Å². The number of rotatable bonds is 3. The van der Waals surface area contributed by atoms with Gasteiger partial charge in [-0.2, -0.15) is 0 Å². The van der Waals surface area contributed by atoms with Crippen molar-refractivity contribution in [2.24, 2.45) is 16.8 Å². The van der Waals surface area contributed by atoms with Gasteiger partial charge in [0.15, 0.2) is 5.84 Å². The van der Waals surface area contributed by atoms with Crippen LogP contribution in [-0.4, -0.2) is 105 Å². The first-order valence-electron chi connectivity index (χ1n) is 11.5. The first-order valence-corrected chi connectivity index (χ1v) is 11.5. The maximum absolute atomic E-state index is 14.7. The Bertz CT molecular complexity index is 1070. The number of nitrogens with zero attached hydrogens (tertiary/aromatic N) is 7. The lowest BCUT2D eigenvalue weighted by atomic mass is 9.88. The zero-order valence-electron chi connectivity index (χ0n) is 18.9. The first kappa shape index (κ1) is 22.4. The maximum Gasteiger partial charge on any atom is 0.294 e. The average molecular weight is 471 g/mol. The van der Waals surface area contributed by atoms with E-state index in [4.69, 9.17) is 0 Å². The van der Waals surface area contributed by atoms with Crippen LogP contribution in [0, 0.1) is 11.8 Å². The molecule has 2 saturated heterocycles. The molecule has 0 radical (unpaired) electrons. The molecule has 4 aliphatic heterocycles. The highest BCUT2D eigenvalue weighted by atomic mass is 19.1. The van der Waals surface area contributed by atoms with Crippen LogP contribution in [0.15, 0.2) is 41.2 Å². The summed E-state index contributed by atoms with van der Waals surface area (Å²) >= 11 is 0. The predicted octanol–water partition coefficient (Wildman–Crippen LogP) is -0.597. The van der Waals surface area contributed by atoms with E-state index in [0.717, 1.165) is 32.1 Å². The molecule has 2 fully saturated rings. The topological polar surface area (TPSA) is 116 Å². The Morgan fingerprint density at radius 1 is 1.06 bits per heavy atom. The Balaban J connectivity index is 1.20. The molecule has 4 aliphatic rings. The number of halogens is 1. The van der Waals surface area contributed by atoms with Crippen molar-refractivity contribution in [3.63, 3.8) is 0 Å². The molecule has 12 heteroatoms. The van der Waals surface area contributed by atoms with E-state index in [2.05, 4.69) is 32.6 Å². The van der Waals surface area contributed by atoms with Crippen molar-refractivity contribution < 1.29 is 18.8 Å². The van der Waals surface area contributed by atoms with E-state index >= 15 is 0 Å². The molecule has 2 amide bonds. The van der Waals surface area contributed by atoms with Gasteiger partial charge in [0.2, 0.25) is 11.7 Å². The smallest absolute Gasteiger partial charge is 0.294 e. The Kier molecular flexibility index (Phi) is 5.98. The third-order valence-electron chi connectivity index (χ3n) is 7.04. The summed E-state index contributed by atoms with van der Waals surface area (Å²) in [5, 5.41) is 10.6. The second-order valence-corrected chi connectivity index (χ2v) is 9.09. The minimum Gasteiger partial charge on any atom is -0.380 e. The Morgan fingerprint density at radius 2 is 1.76 bits per heavy atom. The van der Waals surface area contributed by atoms with Crippen molar-refractivity contribution in [2.45, 2.75) is 18.9 Å². The van der Waals surface area contributed by atoms with E-state index in [1.54, 1.807) is 11.1 Å². The predicted molar refractivity (Wildman–Crippen MR) is 119 cm³/mol. The molecular weight excluding hydrogens is 443 g/mol. The number of piperazine rings is 1. The normalized spacial score (nSPS) is 25.8. The zero-order valence-corrected chi connectivity index (χ0v) is 18.9. The molecule has 1 aromatic heterocycles. The Hall–Kier alpha value is -3.41. The number of fused-ring (bicyclic) bond motifs is 1. The SMILES string of the molecule is CN1CCC(C(=O)N2CCN(C(=O)C(=O)C3=CNC4C(n5ccnn5)=NC=C(F)C34)CC2)CC1. The van der Waals surface area contributed by atoms with Gasteiger partial charge in [-0.3, -0.25) is 14.4 Å². The number of hydrogen-bond acceptors (Lipinski definition) is 8. The molecule has 11 nitrogen and oxygen atoms in total. The molecular formula is C22H27FN8O3. The Morgan fingerprint density at radius 3 is 2.44 bits per heavy atom. The van der Waals surface area contributed by atoms with Gasteiger partial charge < -0.3 is 20.0 Å². The number of nitrogens with one attached hydrogen (secondary N) is 1. The average Bonchev–Trinajstić information content (AvgIpc) is 3.55. The molecule has 1 N–H and O–H groups in total. The fourth-order valence-electron chi connectivity index (χ4n) is 5.01. The molecule has 5 heterocycles. The molecule has 34 heavy (non-hydrogen) atoms. The number of amides is 2. The summed E-state index contributed by atoms with van der Waals surface area (Å²) in [6.45, 7) is 3.16. The number of ketones is 1. The van der Waals surface area contributed by atoms with Crippen molar-refractivity contribution in [2.75, 3.05) is 46.3 Å². The summed E-state index contributed by atoms with van der Waals surface area (Å²) in [4.78, 5) is 48.5. The highest BCUT2D eigenvalue weighted by molar-refractivity contribution is 6.43. The van der Waals surface area contributed by atoms with Gasteiger partial charge in [-0.15, -0.1) is 5.10 Å². The summed E-state index contributed by atoms with van der Waals surface area (Å²) in [6.07, 6.45) is 7.17. The maximum atomic E-state index is 14.7. The largest absolute Gasteiger partial charge is 0.380 e. The summed E-state index contributed by atoms with van der Waals surface area (Å²) in [5.41, 5.74) is 0.0566. The number of Topliss-reactive ketones (excluding diaryl/α,β-unsaturated/α-hetero) is 1. The van der Waals surface area contributed by atoms with E-state index in [-0.39, 0.29) is 30.5 Å². The van der Waals surface area contributed by atoms with E-state index in [9.17, 15) is 18.8 Å². The lowest BCUT2D eigenvalue weighted by molar-refractivity contribution is -0.147. The van der Waals surface area contributed by atoms with E-state index in [0.29, 0.717) is 18.9 Å². The van der Waals surface area contributed by atoms with E-state index in [1.807, 2.05) is 0 Å². The minimum absolute atomic E-state index is 0.0219. The summed E-state index contributed by atoms with van der Waals surface area (Å²) in [7, 11) is 2.05. The first-order chi connectivity index (χ1) is 16.4. The summed E-state index contributed by atoms with van der Waals surface area (Å²) < 4.78 is 16.1. The number of aromatic nitrogens is 3. The van der Waals surface area contributed by atoms with Crippen LogP contribution in [0.2, 0.25) is 0 Å². The molecule has 0 bridgehead atoms. The molecule has 0 aliphatic carbocycles. The fourth-order valence-corrected chi connectivity index (χ4v) is 5.01. The van der Waals surface area contributed by atoms with E-state index < -0.39 is 29.5 Å². The van der Waals surface area contributed by atoms with Crippen molar-refractivity contribution >= 4 is 23.4 Å². The number of piperidine rings is 1. The molecule has 2 unspecified atom stereocenters. The van der Waals surface area contributed by atoms with Crippen molar-refractivity contribution in [3.05, 3.63) is 36.2 Å². The highest BCUT2D eigenvalue weighted by Crippen LogP contribution is 2.34. The highest BCUT2D eigenvalue weighted by Gasteiger charge is 2.44. The molecule has 180 valence electrons. The van der Waals surface area contributed by atoms with Gasteiger partial charge >= 0.3 is 0 Å². The summed E-state index contributed by atoms with van der Waals surface area (Å²) in [5.74, 6) is -2.45. The van der Waals surface area contributed by atoms with Gasteiger partial charge in [-0.1, -0.05) is 5.21 Å². The third kappa shape index (κ3) is 4.02. The van der Waals surface area contributed by atoms with Crippen LogP contribution in [0.25, 0.3) is 0 Å². The second-order valence-electron chi connectivity index (χ2n) is 9.09. The van der Waals surface area contributed by atoms with Crippen LogP contribution in [0.4, 0.5) is 4.39 Å². The number of hydrogen-bond donors (Lipinski definition) is 1. The molecule has 2 atom stereocenters. The van der Waals surface area contributed by atoms with Gasteiger partial charge in [0.05, 0.1) is 30.6 Å². The van der Waals surface area contributed by atoms with Gasteiger partial charge in [0.25, 0.3) is 5.91 Å². The molecule has 5 rings (SSSR count). The van der Waals surface area contributed by atoms with Crippen molar-refractivity contribution in [1.82, 2.24) is 35.0 Å². The van der Waals surface area contributed by atoms with Gasteiger partial charge in [0.1, 0.15) is 5.83 Å². The standard InChI is InChI=1S/C22H27FN8O3/c1-28-5-2-14(3-6-28)21(33)29-8-10-30(11-9-29)22(34)19(32)15-12-24-18-17(15)16(23)13-25-20(18)31-7-4-26-27-31/h4,7,12-14,17-18,24H,2-3,5-6,8-11H2,1H3. The van der Waals surface area contributed by atoms with Gasteiger partial charge in [0, 0.05) is 43.9 Å². The quantitative estimate of drug-likeness (QED) is 0.587. The zero-order chi connectivity index (χ0) is 23.8. The number of carbonyl (C=O) groups is 3. The van der Waals surface area contributed by atoms with Crippen LogP contribution in [0.3, 0.4) is 0 Å². The third-order valence-corrected chi connectivity index (χ3v) is 7.04. The fraction of sp³-hybridized carbons (Fsp3) is 0.545. The molecule has 1 aromatic rings. The van der Waals surface area contributed by atoms with Gasteiger partial charge in [-0.05, 0) is 33.0 Å². The number of likely N-dealkylation sites (tertiary alicyclic amines) is 1. The molecule has 0 aromatic carbocycles. The van der Waals surface area contributed by atoms with Gasteiger partial charge in [-0.25, -0.2) is 14.1 Å². The lowest BCUT2D eigenvalue weighted by Gasteiger charge is -2.38. The van der Waals surface area contributed by atoms with Crippen molar-refractivity contribution in [3.8, 4) is 0 Å². The number of aliphatic imine (C=N–C) groups is 1.